The molecule has 1 fully saturated rings. The second-order valence-corrected chi connectivity index (χ2v) is 5.89. The van der Waals surface area contributed by atoms with Gasteiger partial charge >= 0.3 is 0 Å². The summed E-state index contributed by atoms with van der Waals surface area (Å²) in [6, 6.07) is 8.31. The van der Waals surface area contributed by atoms with Gasteiger partial charge in [-0.15, -0.1) is 0 Å². The monoisotopic (exact) mass is 274 g/mol. The van der Waals surface area contributed by atoms with Gasteiger partial charge in [0.25, 0.3) is 0 Å². The summed E-state index contributed by atoms with van der Waals surface area (Å²) in [6.45, 7) is 2.10. The Morgan fingerprint density at radius 1 is 1.25 bits per heavy atom. The normalized spacial score (nSPS) is 17.7. The van der Waals surface area contributed by atoms with E-state index in [2.05, 4.69) is 24.4 Å². The number of nitrogens with two attached hydrogens (primary N) is 1. The van der Waals surface area contributed by atoms with Gasteiger partial charge in [-0.25, -0.2) is 0 Å². The minimum Gasteiger partial charge on any atom is -0.327 e. The van der Waals surface area contributed by atoms with Crippen molar-refractivity contribution in [1.82, 2.24) is 0 Å². The molecule has 3 heteroatoms. The van der Waals surface area contributed by atoms with E-state index in [0.717, 1.165) is 31.4 Å². The predicted molar refractivity (Wildman–Crippen MR) is 83.6 cm³/mol. The van der Waals surface area contributed by atoms with Crippen molar-refractivity contribution >= 4 is 11.6 Å². The van der Waals surface area contributed by atoms with Crippen molar-refractivity contribution < 1.29 is 4.79 Å². The summed E-state index contributed by atoms with van der Waals surface area (Å²) in [7, 11) is 0. The summed E-state index contributed by atoms with van der Waals surface area (Å²) >= 11 is 0. The second kappa shape index (κ2) is 7.44. The van der Waals surface area contributed by atoms with Crippen LogP contribution in [-0.2, 0) is 11.2 Å². The zero-order chi connectivity index (χ0) is 14.4. The molecule has 0 heterocycles. The molecule has 0 spiro atoms. The van der Waals surface area contributed by atoms with E-state index in [1.54, 1.807) is 0 Å². The van der Waals surface area contributed by atoms with E-state index in [0.29, 0.717) is 0 Å². The molecular weight excluding hydrogens is 248 g/mol. The lowest BCUT2D eigenvalue weighted by molar-refractivity contribution is -0.120. The van der Waals surface area contributed by atoms with Crippen LogP contribution in [-0.4, -0.2) is 11.9 Å². The van der Waals surface area contributed by atoms with Crippen LogP contribution in [0.15, 0.2) is 24.3 Å². The first-order valence-electron chi connectivity index (χ1n) is 7.84. The van der Waals surface area contributed by atoms with Crippen LogP contribution in [0, 0.1) is 5.92 Å². The van der Waals surface area contributed by atoms with Crippen molar-refractivity contribution in [2.24, 2.45) is 11.7 Å². The van der Waals surface area contributed by atoms with Crippen LogP contribution in [0.2, 0.25) is 0 Å². The Kier molecular flexibility index (Phi) is 5.60. The molecule has 3 nitrogen and oxygen atoms in total. The van der Waals surface area contributed by atoms with Gasteiger partial charge in [0, 0.05) is 17.6 Å². The highest BCUT2D eigenvalue weighted by molar-refractivity contribution is 5.92. The summed E-state index contributed by atoms with van der Waals surface area (Å²) in [5.41, 5.74) is 8.08. The molecule has 1 aliphatic rings. The van der Waals surface area contributed by atoms with Crippen LogP contribution in [0.1, 0.15) is 51.0 Å². The number of hydrogen-bond acceptors (Lipinski definition) is 2. The molecule has 3 N–H and O–H groups in total. The van der Waals surface area contributed by atoms with Gasteiger partial charge in [0.15, 0.2) is 0 Å². The highest BCUT2D eigenvalue weighted by atomic mass is 16.1. The first kappa shape index (κ1) is 15.0. The van der Waals surface area contributed by atoms with Gasteiger partial charge in [0.05, 0.1) is 0 Å². The van der Waals surface area contributed by atoms with Gasteiger partial charge in [0.2, 0.25) is 5.91 Å². The van der Waals surface area contributed by atoms with Crippen LogP contribution in [0.25, 0.3) is 0 Å². The molecule has 1 unspecified atom stereocenters. The van der Waals surface area contributed by atoms with Crippen molar-refractivity contribution in [3.05, 3.63) is 29.8 Å². The van der Waals surface area contributed by atoms with E-state index in [4.69, 9.17) is 5.73 Å². The quantitative estimate of drug-likeness (QED) is 0.863. The lowest BCUT2D eigenvalue weighted by Crippen LogP contribution is -2.24. The van der Waals surface area contributed by atoms with Gasteiger partial charge in [-0.05, 0) is 43.4 Å². The zero-order valence-corrected chi connectivity index (χ0v) is 12.4. The predicted octanol–water partition coefficient (Wildman–Crippen LogP) is 3.49. The third kappa shape index (κ3) is 4.34. The van der Waals surface area contributed by atoms with Crippen molar-refractivity contribution in [1.29, 1.82) is 0 Å². The van der Waals surface area contributed by atoms with E-state index < -0.39 is 0 Å². The lowest BCUT2D eigenvalue weighted by Gasteiger charge is -2.20. The first-order chi connectivity index (χ1) is 9.69. The number of carbonyl (C=O) groups excluding carboxylic acids is 1. The minimum atomic E-state index is 0.183. The van der Waals surface area contributed by atoms with E-state index >= 15 is 0 Å². The average Bonchev–Trinajstić information content (AvgIpc) is 2.50. The highest BCUT2D eigenvalue weighted by Crippen LogP contribution is 2.25. The topological polar surface area (TPSA) is 55.1 Å². The maximum Gasteiger partial charge on any atom is 0.227 e. The third-order valence-corrected chi connectivity index (χ3v) is 4.22. The van der Waals surface area contributed by atoms with Gasteiger partial charge in [-0.1, -0.05) is 38.3 Å². The molecule has 1 amide bonds. The fourth-order valence-corrected chi connectivity index (χ4v) is 2.78. The SMILES string of the molecule is CCC(N)Cc1ccc(NC(=O)C2CCCCC2)cc1. The molecule has 1 atom stereocenters. The standard InChI is InChI=1S/C17H26N2O/c1-2-15(18)12-13-8-10-16(11-9-13)19-17(20)14-6-4-3-5-7-14/h8-11,14-15H,2-7,12,18H2,1H3,(H,19,20). The molecule has 1 aromatic rings. The molecule has 0 radical (unpaired) electrons. The fourth-order valence-electron chi connectivity index (χ4n) is 2.78. The molecule has 1 saturated carbocycles. The Bertz CT molecular complexity index is 421. The number of nitrogens with one attached hydrogen (secondary N) is 1. The van der Waals surface area contributed by atoms with E-state index in [1.165, 1.54) is 24.8 Å². The molecule has 2 rings (SSSR count). The zero-order valence-electron chi connectivity index (χ0n) is 12.4. The summed E-state index contributed by atoms with van der Waals surface area (Å²) in [4.78, 5) is 12.1. The highest BCUT2D eigenvalue weighted by Gasteiger charge is 2.20. The summed E-state index contributed by atoms with van der Waals surface area (Å²) in [6.07, 6.45) is 7.60. The van der Waals surface area contributed by atoms with Gasteiger partial charge in [0.1, 0.15) is 0 Å². The fraction of sp³-hybridized carbons (Fsp3) is 0.588. The van der Waals surface area contributed by atoms with Crippen molar-refractivity contribution in [2.75, 3.05) is 5.32 Å². The molecule has 0 bridgehead atoms. The van der Waals surface area contributed by atoms with Crippen molar-refractivity contribution in [3.63, 3.8) is 0 Å². The van der Waals surface area contributed by atoms with Gasteiger partial charge in [-0.3, -0.25) is 4.79 Å². The number of anilines is 1. The second-order valence-electron chi connectivity index (χ2n) is 5.89. The van der Waals surface area contributed by atoms with Crippen molar-refractivity contribution in [3.8, 4) is 0 Å². The molecule has 1 aromatic carbocycles. The van der Waals surface area contributed by atoms with Crippen LogP contribution in [0.4, 0.5) is 5.69 Å². The Morgan fingerprint density at radius 3 is 2.50 bits per heavy atom. The summed E-state index contributed by atoms with van der Waals surface area (Å²) in [5, 5.41) is 3.04. The van der Waals surface area contributed by atoms with Crippen molar-refractivity contribution in [2.45, 2.75) is 57.9 Å². The molecule has 0 saturated heterocycles. The molecule has 20 heavy (non-hydrogen) atoms. The van der Waals surface area contributed by atoms with E-state index in [9.17, 15) is 4.79 Å². The maximum absolute atomic E-state index is 12.1. The molecule has 0 aliphatic heterocycles. The first-order valence-corrected chi connectivity index (χ1v) is 7.84. The van der Waals surface area contributed by atoms with Gasteiger partial charge < -0.3 is 11.1 Å². The Morgan fingerprint density at radius 2 is 1.90 bits per heavy atom. The summed E-state index contributed by atoms with van der Waals surface area (Å²) in [5.74, 6) is 0.389. The number of carbonyl (C=O) groups is 1. The number of amides is 1. The Balaban J connectivity index is 1.88. The average molecular weight is 274 g/mol. The molecular formula is C17H26N2O. The molecule has 0 aromatic heterocycles. The van der Waals surface area contributed by atoms with Crippen LogP contribution in [0.3, 0.4) is 0 Å². The van der Waals surface area contributed by atoms with Gasteiger partial charge in [-0.2, -0.15) is 0 Å². The third-order valence-electron chi connectivity index (χ3n) is 4.22. The Hall–Kier alpha value is -1.35. The van der Waals surface area contributed by atoms with Crippen LogP contribution in [0.5, 0.6) is 0 Å². The van der Waals surface area contributed by atoms with Crippen LogP contribution < -0.4 is 11.1 Å². The molecule has 110 valence electrons. The number of benzene rings is 1. The smallest absolute Gasteiger partial charge is 0.227 e. The summed E-state index contributed by atoms with van der Waals surface area (Å²) < 4.78 is 0. The minimum absolute atomic E-state index is 0.183. The largest absolute Gasteiger partial charge is 0.327 e. The maximum atomic E-state index is 12.1. The van der Waals surface area contributed by atoms with Crippen LogP contribution >= 0.6 is 0 Å². The van der Waals surface area contributed by atoms with E-state index in [-0.39, 0.29) is 17.9 Å². The molecule has 1 aliphatic carbocycles. The van der Waals surface area contributed by atoms with E-state index in [1.807, 2.05) is 12.1 Å². The Labute approximate surface area is 121 Å². The number of rotatable bonds is 5. The number of hydrogen-bond donors (Lipinski definition) is 2. The lowest BCUT2D eigenvalue weighted by atomic mass is 9.88.